The molecule has 8 nitrogen and oxygen atoms in total. The van der Waals surface area contributed by atoms with Crippen LogP contribution in [0.15, 0.2) is 54.6 Å². The van der Waals surface area contributed by atoms with Crippen molar-refractivity contribution >= 4 is 23.9 Å². The summed E-state index contributed by atoms with van der Waals surface area (Å²) in [4.78, 5) is 31.0. The number of carboxylic acid groups (broad SMARTS) is 1. The maximum Gasteiger partial charge on any atom is 0.320 e. The minimum absolute atomic E-state index is 0.117. The first-order chi connectivity index (χ1) is 14.8. The number of hydrogen-bond acceptors (Lipinski definition) is 6. The summed E-state index contributed by atoms with van der Waals surface area (Å²) in [6.07, 6.45) is 3.91. The SMILES string of the molecule is CC(=O)Nc1ccc(C=O)cc1.NCCCC[C@H](N)C(=O)O.NCCc1ccccc1. The van der Waals surface area contributed by atoms with E-state index in [2.05, 4.69) is 17.4 Å². The van der Waals surface area contributed by atoms with Crippen molar-refractivity contribution in [1.82, 2.24) is 0 Å². The van der Waals surface area contributed by atoms with Gasteiger partial charge < -0.3 is 27.6 Å². The molecule has 2 aromatic rings. The number of benzene rings is 2. The number of carbonyl (C=O) groups is 3. The summed E-state index contributed by atoms with van der Waals surface area (Å²) in [5.41, 5.74) is 18.4. The van der Waals surface area contributed by atoms with E-state index in [-0.39, 0.29) is 5.91 Å². The van der Waals surface area contributed by atoms with Crippen molar-refractivity contribution in [3.63, 3.8) is 0 Å². The van der Waals surface area contributed by atoms with Gasteiger partial charge in [0.05, 0.1) is 0 Å². The molecule has 0 saturated carbocycles. The molecule has 1 amide bonds. The molecule has 0 fully saturated rings. The Bertz CT molecular complexity index is 752. The summed E-state index contributed by atoms with van der Waals surface area (Å²) in [7, 11) is 0. The average Bonchev–Trinajstić information content (AvgIpc) is 2.76. The van der Waals surface area contributed by atoms with E-state index >= 15 is 0 Å². The van der Waals surface area contributed by atoms with Crippen molar-refractivity contribution in [3.05, 3.63) is 65.7 Å². The average molecular weight is 431 g/mol. The molecule has 0 bridgehead atoms. The van der Waals surface area contributed by atoms with Crippen LogP contribution in [-0.2, 0) is 16.0 Å². The summed E-state index contributed by atoms with van der Waals surface area (Å²) in [6.45, 7) is 2.78. The largest absolute Gasteiger partial charge is 0.480 e. The van der Waals surface area contributed by atoms with Crippen LogP contribution in [0.2, 0.25) is 0 Å². The summed E-state index contributed by atoms with van der Waals surface area (Å²) >= 11 is 0. The molecule has 2 rings (SSSR count). The van der Waals surface area contributed by atoms with Gasteiger partial charge in [0.15, 0.2) is 0 Å². The smallest absolute Gasteiger partial charge is 0.320 e. The van der Waals surface area contributed by atoms with Gasteiger partial charge in [0.2, 0.25) is 5.91 Å². The topological polar surface area (TPSA) is 162 Å². The van der Waals surface area contributed by atoms with E-state index in [1.807, 2.05) is 18.2 Å². The quantitative estimate of drug-likeness (QED) is 0.301. The third-order valence-corrected chi connectivity index (χ3v) is 3.93. The third kappa shape index (κ3) is 15.4. The second kappa shape index (κ2) is 17.8. The first-order valence-corrected chi connectivity index (χ1v) is 10.1. The Morgan fingerprint density at radius 2 is 1.61 bits per heavy atom. The molecule has 8 heteroatoms. The van der Waals surface area contributed by atoms with E-state index in [0.717, 1.165) is 32.1 Å². The Morgan fingerprint density at radius 3 is 2.06 bits per heavy atom. The molecule has 0 heterocycles. The molecule has 0 aliphatic rings. The lowest BCUT2D eigenvalue weighted by Crippen LogP contribution is -2.29. The molecular weight excluding hydrogens is 396 g/mol. The summed E-state index contributed by atoms with van der Waals surface area (Å²) in [6, 6.07) is 16.2. The lowest BCUT2D eigenvalue weighted by atomic mass is 10.1. The van der Waals surface area contributed by atoms with Crippen LogP contribution in [0.1, 0.15) is 42.1 Å². The van der Waals surface area contributed by atoms with Gasteiger partial charge in [0.1, 0.15) is 12.3 Å². The van der Waals surface area contributed by atoms with E-state index in [4.69, 9.17) is 22.3 Å². The zero-order valence-electron chi connectivity index (χ0n) is 18.0. The Morgan fingerprint density at radius 1 is 1.00 bits per heavy atom. The number of carboxylic acids is 1. The molecule has 0 saturated heterocycles. The lowest BCUT2D eigenvalue weighted by Gasteiger charge is -2.03. The molecule has 2 aromatic carbocycles. The molecule has 0 unspecified atom stereocenters. The molecular formula is C23H34N4O4. The van der Waals surface area contributed by atoms with Crippen LogP contribution in [-0.4, -0.2) is 42.4 Å². The van der Waals surface area contributed by atoms with Gasteiger partial charge >= 0.3 is 5.97 Å². The van der Waals surface area contributed by atoms with E-state index in [1.165, 1.54) is 12.5 Å². The number of rotatable bonds is 9. The number of carbonyl (C=O) groups excluding carboxylic acids is 2. The number of hydrogen-bond donors (Lipinski definition) is 5. The predicted molar refractivity (Wildman–Crippen MR) is 124 cm³/mol. The zero-order valence-corrected chi connectivity index (χ0v) is 18.0. The van der Waals surface area contributed by atoms with Gasteiger partial charge in [-0.15, -0.1) is 0 Å². The van der Waals surface area contributed by atoms with Crippen molar-refractivity contribution in [2.75, 3.05) is 18.4 Å². The monoisotopic (exact) mass is 430 g/mol. The zero-order chi connectivity index (χ0) is 23.5. The van der Waals surface area contributed by atoms with Crippen molar-refractivity contribution < 1.29 is 19.5 Å². The molecule has 31 heavy (non-hydrogen) atoms. The second-order valence-corrected chi connectivity index (χ2v) is 6.67. The fourth-order valence-electron chi connectivity index (χ4n) is 2.29. The molecule has 1 atom stereocenters. The van der Waals surface area contributed by atoms with Gasteiger partial charge in [-0.2, -0.15) is 0 Å². The van der Waals surface area contributed by atoms with Gasteiger partial charge in [-0.05, 0) is 62.2 Å². The highest BCUT2D eigenvalue weighted by Gasteiger charge is 2.09. The number of anilines is 1. The first-order valence-electron chi connectivity index (χ1n) is 10.1. The number of amides is 1. The number of unbranched alkanes of at least 4 members (excludes halogenated alkanes) is 1. The summed E-state index contributed by atoms with van der Waals surface area (Å²) in [5.74, 6) is -1.05. The molecule has 0 aliphatic carbocycles. The predicted octanol–water partition coefficient (Wildman–Crippen LogP) is 2.17. The van der Waals surface area contributed by atoms with Crippen molar-refractivity contribution in [1.29, 1.82) is 0 Å². The molecule has 0 spiro atoms. The second-order valence-electron chi connectivity index (χ2n) is 6.67. The van der Waals surface area contributed by atoms with Gasteiger partial charge in [-0.3, -0.25) is 14.4 Å². The molecule has 0 radical (unpaired) electrons. The summed E-state index contributed by atoms with van der Waals surface area (Å²) < 4.78 is 0. The minimum atomic E-state index is -0.933. The summed E-state index contributed by atoms with van der Waals surface area (Å²) in [5, 5.41) is 10.9. The van der Waals surface area contributed by atoms with Crippen LogP contribution in [0.4, 0.5) is 5.69 Å². The van der Waals surface area contributed by atoms with Crippen molar-refractivity contribution in [2.24, 2.45) is 17.2 Å². The van der Waals surface area contributed by atoms with Crippen LogP contribution in [0.5, 0.6) is 0 Å². The normalized spacial score (nSPS) is 10.5. The number of nitrogens with two attached hydrogens (primary N) is 3. The number of nitrogens with one attached hydrogen (secondary N) is 1. The Kier molecular flexibility index (Phi) is 16.0. The van der Waals surface area contributed by atoms with E-state index in [0.29, 0.717) is 24.2 Å². The van der Waals surface area contributed by atoms with Crippen LogP contribution in [0, 0.1) is 0 Å². The van der Waals surface area contributed by atoms with Crippen LogP contribution in [0.25, 0.3) is 0 Å². The van der Waals surface area contributed by atoms with Crippen molar-refractivity contribution in [2.45, 2.75) is 38.6 Å². The molecule has 170 valence electrons. The van der Waals surface area contributed by atoms with Gasteiger partial charge in [0.25, 0.3) is 0 Å². The molecule has 8 N–H and O–H groups in total. The lowest BCUT2D eigenvalue weighted by molar-refractivity contribution is -0.138. The highest BCUT2D eigenvalue weighted by Crippen LogP contribution is 2.07. The van der Waals surface area contributed by atoms with Crippen LogP contribution < -0.4 is 22.5 Å². The Hall–Kier alpha value is -3.07. The highest BCUT2D eigenvalue weighted by atomic mass is 16.4. The standard InChI is InChI=1S/C9H9NO2.C8H11N.C6H14N2O2/c1-7(12)10-9-4-2-8(6-11)3-5-9;9-7-6-8-4-2-1-3-5-8;7-4-2-1-3-5(8)6(9)10/h2-6H,1H3,(H,10,12);1-5H,6-7,9H2;5H,1-4,7-8H2,(H,9,10)/t;;5-/m..0/s1. The van der Waals surface area contributed by atoms with Gasteiger partial charge in [-0.25, -0.2) is 0 Å². The van der Waals surface area contributed by atoms with Crippen molar-refractivity contribution in [3.8, 4) is 0 Å². The fourth-order valence-corrected chi connectivity index (χ4v) is 2.29. The Balaban J connectivity index is 0.000000441. The third-order valence-electron chi connectivity index (χ3n) is 3.93. The molecule has 0 aromatic heterocycles. The van der Waals surface area contributed by atoms with Crippen LogP contribution >= 0.6 is 0 Å². The minimum Gasteiger partial charge on any atom is -0.480 e. The van der Waals surface area contributed by atoms with Gasteiger partial charge in [-0.1, -0.05) is 36.8 Å². The highest BCUT2D eigenvalue weighted by molar-refractivity contribution is 5.89. The van der Waals surface area contributed by atoms with E-state index < -0.39 is 12.0 Å². The molecule has 0 aliphatic heterocycles. The first kappa shape index (κ1) is 27.9. The maximum absolute atomic E-state index is 10.6. The fraction of sp³-hybridized carbons (Fsp3) is 0.348. The van der Waals surface area contributed by atoms with Crippen LogP contribution in [0.3, 0.4) is 0 Å². The maximum atomic E-state index is 10.6. The van der Waals surface area contributed by atoms with E-state index in [9.17, 15) is 14.4 Å². The number of aldehydes is 1. The van der Waals surface area contributed by atoms with E-state index in [1.54, 1.807) is 24.3 Å². The van der Waals surface area contributed by atoms with Gasteiger partial charge in [0, 0.05) is 18.2 Å². The Labute approximate surface area is 183 Å². The number of aliphatic carboxylic acids is 1.